The van der Waals surface area contributed by atoms with Crippen LogP contribution >= 0.6 is 34.5 Å². The third-order valence-electron chi connectivity index (χ3n) is 5.27. The maximum atomic E-state index is 13.6. The molecule has 2 aromatic carbocycles. The van der Waals surface area contributed by atoms with Crippen LogP contribution in [0.4, 0.5) is 0 Å². The summed E-state index contributed by atoms with van der Waals surface area (Å²) in [4.78, 5) is 42.9. The monoisotopic (exact) mass is 542 g/mol. The molecule has 0 fully saturated rings. The number of ether oxygens (including phenoxy) is 2. The molecule has 36 heavy (non-hydrogen) atoms. The van der Waals surface area contributed by atoms with E-state index in [1.54, 1.807) is 55.5 Å². The summed E-state index contributed by atoms with van der Waals surface area (Å²) in [5.74, 6) is -0.721. The van der Waals surface area contributed by atoms with Crippen molar-refractivity contribution in [1.29, 1.82) is 0 Å². The molecule has 0 bridgehead atoms. The van der Waals surface area contributed by atoms with E-state index < -0.39 is 18.0 Å². The molecular weight excluding hydrogens is 523 g/mol. The first kappa shape index (κ1) is 25.6. The van der Waals surface area contributed by atoms with Crippen molar-refractivity contribution < 1.29 is 19.1 Å². The second-order valence-corrected chi connectivity index (χ2v) is 9.63. The lowest BCUT2D eigenvalue weighted by Gasteiger charge is -2.24. The summed E-state index contributed by atoms with van der Waals surface area (Å²) in [6.07, 6.45) is 3.16. The predicted octanol–water partition coefficient (Wildman–Crippen LogP) is 4.20. The Labute approximate surface area is 220 Å². The molecule has 1 aliphatic rings. The number of carbonyl (C=O) groups excluding carboxylic acids is 2. The third kappa shape index (κ3) is 5.21. The zero-order chi connectivity index (χ0) is 26.0. The highest BCUT2D eigenvalue weighted by atomic mass is 35.5. The van der Waals surface area contributed by atoms with Gasteiger partial charge in [-0.2, -0.15) is 0 Å². The molecule has 1 unspecified atom stereocenters. The molecular formula is C26H20Cl2N2O5S. The minimum Gasteiger partial charge on any atom is -0.458 e. The number of hydrogen-bond acceptors (Lipinski definition) is 7. The van der Waals surface area contributed by atoms with Gasteiger partial charge < -0.3 is 9.47 Å². The Hall–Kier alpha value is -3.46. The molecule has 7 nitrogen and oxygen atoms in total. The third-order valence-corrected chi connectivity index (χ3v) is 6.99. The van der Waals surface area contributed by atoms with Crippen molar-refractivity contribution in [2.75, 3.05) is 6.61 Å². The summed E-state index contributed by atoms with van der Waals surface area (Å²) < 4.78 is 12.3. The molecule has 184 valence electrons. The molecule has 0 saturated carbocycles. The van der Waals surface area contributed by atoms with Gasteiger partial charge in [0.25, 0.3) is 5.56 Å². The maximum absolute atomic E-state index is 13.6. The van der Waals surface area contributed by atoms with Crippen LogP contribution in [-0.4, -0.2) is 23.1 Å². The fourth-order valence-corrected chi connectivity index (χ4v) is 5.10. The van der Waals surface area contributed by atoms with Crippen molar-refractivity contribution in [3.05, 3.63) is 107 Å². The van der Waals surface area contributed by atoms with Gasteiger partial charge in [-0.1, -0.05) is 65.4 Å². The molecule has 0 radical (unpaired) electrons. The zero-order valence-electron chi connectivity index (χ0n) is 19.3. The summed E-state index contributed by atoms with van der Waals surface area (Å²) in [6, 6.07) is 10.8. The van der Waals surface area contributed by atoms with Crippen LogP contribution in [0.3, 0.4) is 0 Å². The first-order chi connectivity index (χ1) is 17.2. The summed E-state index contributed by atoms with van der Waals surface area (Å²) in [5.41, 5.74) is 1.64. The van der Waals surface area contributed by atoms with Gasteiger partial charge in [0, 0.05) is 6.92 Å². The van der Waals surface area contributed by atoms with E-state index in [1.807, 2.05) is 0 Å². The lowest BCUT2D eigenvalue weighted by molar-refractivity contribution is -0.138. The Bertz CT molecular complexity index is 1590. The van der Waals surface area contributed by atoms with Gasteiger partial charge in [0.15, 0.2) is 4.80 Å². The highest BCUT2D eigenvalue weighted by Crippen LogP contribution is 2.31. The first-order valence-corrected chi connectivity index (χ1v) is 12.3. The van der Waals surface area contributed by atoms with Crippen molar-refractivity contribution >= 4 is 52.6 Å². The fraction of sp³-hybridized carbons (Fsp3) is 0.154. The Balaban J connectivity index is 1.89. The first-order valence-electron chi connectivity index (χ1n) is 10.7. The maximum Gasteiger partial charge on any atom is 0.338 e. The normalized spacial score (nSPS) is 15.2. The average molecular weight is 543 g/mol. The lowest BCUT2D eigenvalue weighted by atomic mass is 9.96. The van der Waals surface area contributed by atoms with E-state index in [0.29, 0.717) is 42.0 Å². The number of hydrogen-bond donors (Lipinski definition) is 0. The van der Waals surface area contributed by atoms with Crippen molar-refractivity contribution in [3.8, 4) is 5.75 Å². The Morgan fingerprint density at radius 1 is 1.17 bits per heavy atom. The number of rotatable bonds is 6. The molecule has 0 N–H and O–H groups in total. The smallest absolute Gasteiger partial charge is 0.338 e. The van der Waals surface area contributed by atoms with E-state index in [2.05, 4.69) is 11.6 Å². The van der Waals surface area contributed by atoms with E-state index in [-0.39, 0.29) is 17.7 Å². The minimum absolute atomic E-state index is 0.00939. The fourth-order valence-electron chi connectivity index (χ4n) is 3.75. The van der Waals surface area contributed by atoms with Crippen LogP contribution in [0.15, 0.2) is 76.2 Å². The van der Waals surface area contributed by atoms with Crippen LogP contribution in [0, 0.1) is 0 Å². The summed E-state index contributed by atoms with van der Waals surface area (Å²) >= 11 is 13.3. The van der Waals surface area contributed by atoms with Gasteiger partial charge in [-0.3, -0.25) is 14.2 Å². The van der Waals surface area contributed by atoms with Crippen LogP contribution in [0.5, 0.6) is 5.75 Å². The Morgan fingerprint density at radius 2 is 1.89 bits per heavy atom. The second kappa shape index (κ2) is 10.7. The van der Waals surface area contributed by atoms with E-state index in [0.717, 1.165) is 0 Å². The van der Waals surface area contributed by atoms with Gasteiger partial charge in [-0.05, 0) is 48.4 Å². The largest absolute Gasteiger partial charge is 0.458 e. The van der Waals surface area contributed by atoms with Crippen molar-refractivity contribution in [3.63, 3.8) is 0 Å². The van der Waals surface area contributed by atoms with Gasteiger partial charge in [-0.15, -0.1) is 0 Å². The van der Waals surface area contributed by atoms with Crippen LogP contribution in [0.2, 0.25) is 10.0 Å². The van der Waals surface area contributed by atoms with E-state index in [9.17, 15) is 14.4 Å². The number of carbonyl (C=O) groups is 2. The van der Waals surface area contributed by atoms with Gasteiger partial charge >= 0.3 is 11.9 Å². The van der Waals surface area contributed by atoms with Crippen LogP contribution in [0.25, 0.3) is 6.08 Å². The SMILES string of the molecule is C=CCOC(=O)C1=C(C)N=c2sc(=Cc3ccc(Cl)c(Cl)c3)c(=O)n2C1c1ccc(OC(C)=O)cc1. The minimum atomic E-state index is -0.805. The Kier molecular flexibility index (Phi) is 7.59. The predicted molar refractivity (Wildman–Crippen MR) is 139 cm³/mol. The Morgan fingerprint density at radius 3 is 2.53 bits per heavy atom. The highest BCUT2D eigenvalue weighted by molar-refractivity contribution is 7.07. The summed E-state index contributed by atoms with van der Waals surface area (Å²) in [6.45, 7) is 6.59. The zero-order valence-corrected chi connectivity index (χ0v) is 21.6. The van der Waals surface area contributed by atoms with Crippen LogP contribution in [-0.2, 0) is 14.3 Å². The number of nitrogens with zero attached hydrogens (tertiary/aromatic N) is 2. The van der Waals surface area contributed by atoms with Crippen LogP contribution < -0.4 is 19.6 Å². The van der Waals surface area contributed by atoms with E-state index in [1.165, 1.54) is 28.9 Å². The van der Waals surface area contributed by atoms with Crippen LogP contribution in [0.1, 0.15) is 31.0 Å². The molecule has 1 aliphatic heterocycles. The van der Waals surface area contributed by atoms with Crippen molar-refractivity contribution in [1.82, 2.24) is 4.57 Å². The molecule has 1 atom stereocenters. The molecule has 0 saturated heterocycles. The van der Waals surface area contributed by atoms with Crippen molar-refractivity contribution in [2.24, 2.45) is 4.99 Å². The number of thiazole rings is 1. The molecule has 0 amide bonds. The topological polar surface area (TPSA) is 87.0 Å². The molecule has 0 spiro atoms. The van der Waals surface area contributed by atoms with Crippen molar-refractivity contribution in [2.45, 2.75) is 19.9 Å². The number of halogens is 2. The number of fused-ring (bicyclic) bond motifs is 1. The molecule has 0 aliphatic carbocycles. The van der Waals surface area contributed by atoms with Gasteiger partial charge in [0.1, 0.15) is 12.4 Å². The standard InChI is InChI=1S/C26H20Cl2N2O5S/c1-4-11-34-25(33)22-14(2)29-26-30(23(22)17-6-8-18(9-7-17)35-15(3)31)24(32)21(36-26)13-16-5-10-19(27)20(28)12-16/h4-10,12-13,23H,1,11H2,2-3H3. The molecule has 10 heteroatoms. The van der Waals surface area contributed by atoms with E-state index >= 15 is 0 Å². The lowest BCUT2D eigenvalue weighted by Crippen LogP contribution is -2.39. The van der Waals surface area contributed by atoms with E-state index in [4.69, 9.17) is 32.7 Å². The quantitative estimate of drug-likeness (QED) is 0.264. The van der Waals surface area contributed by atoms with Gasteiger partial charge in [0.05, 0.1) is 31.9 Å². The number of aromatic nitrogens is 1. The molecule has 1 aromatic heterocycles. The molecule has 3 aromatic rings. The number of benzene rings is 2. The van der Waals surface area contributed by atoms with Gasteiger partial charge in [0.2, 0.25) is 0 Å². The number of allylic oxidation sites excluding steroid dienone is 1. The summed E-state index contributed by atoms with van der Waals surface area (Å²) in [7, 11) is 0. The second-order valence-electron chi connectivity index (χ2n) is 7.81. The highest BCUT2D eigenvalue weighted by Gasteiger charge is 2.33. The summed E-state index contributed by atoms with van der Waals surface area (Å²) in [5, 5.41) is 0.776. The molecule has 4 rings (SSSR count). The number of esters is 2. The average Bonchev–Trinajstić information content (AvgIpc) is 3.13. The van der Waals surface area contributed by atoms with Gasteiger partial charge in [-0.25, -0.2) is 9.79 Å². The molecule has 2 heterocycles.